The number of nitrogens with one attached hydrogen (secondary N) is 1. The number of nitrogens with zero attached hydrogens (tertiary/aromatic N) is 1. The Kier molecular flexibility index (Phi) is 5.71. The molecule has 4 heteroatoms. The first kappa shape index (κ1) is 18.2. The lowest BCUT2D eigenvalue weighted by Gasteiger charge is -2.30. The topological polar surface area (TPSA) is 49.4 Å². The van der Waals surface area contributed by atoms with Crippen molar-refractivity contribution in [2.75, 3.05) is 18.4 Å². The molecule has 0 unspecified atom stereocenters. The fourth-order valence-electron chi connectivity index (χ4n) is 3.56. The van der Waals surface area contributed by atoms with Gasteiger partial charge in [-0.25, -0.2) is 0 Å². The maximum atomic E-state index is 12.3. The van der Waals surface area contributed by atoms with E-state index in [4.69, 9.17) is 0 Å². The van der Waals surface area contributed by atoms with Crippen molar-refractivity contribution < 1.29 is 9.59 Å². The molecule has 0 aromatic heterocycles. The summed E-state index contributed by atoms with van der Waals surface area (Å²) >= 11 is 0. The van der Waals surface area contributed by atoms with E-state index in [1.165, 1.54) is 11.1 Å². The van der Waals surface area contributed by atoms with E-state index in [0.717, 1.165) is 37.2 Å². The predicted octanol–water partition coefficient (Wildman–Crippen LogP) is 4.25. The van der Waals surface area contributed by atoms with Crippen LogP contribution in [0.25, 0.3) is 11.1 Å². The monoisotopic (exact) mass is 350 g/mol. The first-order valence-corrected chi connectivity index (χ1v) is 9.24. The summed E-state index contributed by atoms with van der Waals surface area (Å²) in [6, 6.07) is 16.3. The molecule has 2 amide bonds. The van der Waals surface area contributed by atoms with Crippen molar-refractivity contribution in [2.24, 2.45) is 5.92 Å². The number of hydrogen-bond acceptors (Lipinski definition) is 2. The molecule has 0 saturated carbocycles. The van der Waals surface area contributed by atoms with Crippen molar-refractivity contribution in [2.45, 2.75) is 33.1 Å². The van der Waals surface area contributed by atoms with Gasteiger partial charge in [0.25, 0.3) is 0 Å². The number of anilines is 1. The number of carbonyl (C=O) groups is 2. The van der Waals surface area contributed by atoms with E-state index in [1.54, 1.807) is 6.92 Å². The molecule has 1 heterocycles. The Morgan fingerprint density at radius 1 is 1.04 bits per heavy atom. The van der Waals surface area contributed by atoms with E-state index < -0.39 is 0 Å². The average Bonchev–Trinajstić information content (AvgIpc) is 2.63. The number of piperidine rings is 1. The van der Waals surface area contributed by atoms with Crippen LogP contribution in [0.5, 0.6) is 0 Å². The van der Waals surface area contributed by atoms with Gasteiger partial charge in [-0.3, -0.25) is 9.59 Å². The Morgan fingerprint density at radius 3 is 2.31 bits per heavy atom. The molecule has 0 atom stereocenters. The van der Waals surface area contributed by atoms with Gasteiger partial charge in [0.1, 0.15) is 0 Å². The zero-order valence-electron chi connectivity index (χ0n) is 15.5. The highest BCUT2D eigenvalue weighted by Gasteiger charge is 2.22. The normalized spacial score (nSPS) is 14.9. The molecule has 4 nitrogen and oxygen atoms in total. The molecule has 0 spiro atoms. The summed E-state index contributed by atoms with van der Waals surface area (Å²) in [5.41, 5.74) is 4.43. The fourth-order valence-corrected chi connectivity index (χ4v) is 3.56. The molecule has 136 valence electrons. The number of likely N-dealkylation sites (tertiary alicyclic amines) is 1. The zero-order valence-corrected chi connectivity index (χ0v) is 15.5. The summed E-state index contributed by atoms with van der Waals surface area (Å²) in [5.74, 6) is 0.536. The third kappa shape index (κ3) is 4.51. The number of carbonyl (C=O) groups excluding carboxylic acids is 2. The van der Waals surface area contributed by atoms with E-state index in [-0.39, 0.29) is 11.8 Å². The Hall–Kier alpha value is -2.62. The molecule has 1 fully saturated rings. The highest BCUT2D eigenvalue weighted by atomic mass is 16.2. The van der Waals surface area contributed by atoms with E-state index in [2.05, 4.69) is 24.4 Å². The summed E-state index contributed by atoms with van der Waals surface area (Å²) in [7, 11) is 0. The lowest BCUT2D eigenvalue weighted by Crippen LogP contribution is -2.37. The smallest absolute Gasteiger partial charge is 0.224 e. The highest BCUT2D eigenvalue weighted by molar-refractivity contribution is 5.91. The third-order valence-electron chi connectivity index (χ3n) is 5.16. The van der Waals surface area contributed by atoms with Crippen LogP contribution in [0.4, 0.5) is 5.69 Å². The first-order chi connectivity index (χ1) is 12.5. The van der Waals surface area contributed by atoms with Crippen LogP contribution in [0, 0.1) is 12.8 Å². The maximum Gasteiger partial charge on any atom is 0.224 e. The van der Waals surface area contributed by atoms with Crippen molar-refractivity contribution in [3.05, 3.63) is 54.1 Å². The summed E-state index contributed by atoms with van der Waals surface area (Å²) in [6.45, 7) is 5.23. The largest absolute Gasteiger partial charge is 0.343 e. The number of hydrogen-bond donors (Lipinski definition) is 1. The van der Waals surface area contributed by atoms with Gasteiger partial charge in [0, 0.05) is 32.1 Å². The van der Waals surface area contributed by atoms with Crippen molar-refractivity contribution in [3.63, 3.8) is 0 Å². The third-order valence-corrected chi connectivity index (χ3v) is 5.16. The van der Waals surface area contributed by atoms with Gasteiger partial charge in [-0.1, -0.05) is 36.4 Å². The number of amides is 2. The van der Waals surface area contributed by atoms with Crippen LogP contribution in [-0.4, -0.2) is 29.8 Å². The van der Waals surface area contributed by atoms with Crippen LogP contribution in [0.15, 0.2) is 48.5 Å². The van der Waals surface area contributed by atoms with Crippen LogP contribution < -0.4 is 5.32 Å². The van der Waals surface area contributed by atoms with Crippen molar-refractivity contribution in [1.29, 1.82) is 0 Å². The minimum absolute atomic E-state index is 0.0508. The molecule has 3 rings (SSSR count). The minimum atomic E-state index is 0.0508. The molecule has 1 N–H and O–H groups in total. The Balaban J connectivity index is 1.54. The lowest BCUT2D eigenvalue weighted by molar-refractivity contribution is -0.130. The fraction of sp³-hybridized carbons (Fsp3) is 0.364. The molecular formula is C22H26N2O2. The summed E-state index contributed by atoms with van der Waals surface area (Å²) in [6.07, 6.45) is 2.32. The van der Waals surface area contributed by atoms with Crippen LogP contribution in [0.2, 0.25) is 0 Å². The maximum absolute atomic E-state index is 12.3. The standard InChI is InChI=1S/C22H26N2O2/c1-16-5-3-4-6-21(16)19-7-9-20(10-8-19)23-22(26)15-18-11-13-24(14-12-18)17(2)25/h3-10,18H,11-15H2,1-2H3,(H,23,26). The second-order valence-corrected chi connectivity index (χ2v) is 7.09. The Morgan fingerprint density at radius 2 is 1.69 bits per heavy atom. The average molecular weight is 350 g/mol. The molecule has 2 aromatic carbocycles. The van der Waals surface area contributed by atoms with Gasteiger partial charge in [0.15, 0.2) is 0 Å². The molecule has 0 aliphatic carbocycles. The van der Waals surface area contributed by atoms with Crippen molar-refractivity contribution in [3.8, 4) is 11.1 Å². The summed E-state index contributed by atoms with van der Waals surface area (Å²) in [5, 5.41) is 3.00. The first-order valence-electron chi connectivity index (χ1n) is 9.24. The SMILES string of the molecule is CC(=O)N1CCC(CC(=O)Nc2ccc(-c3ccccc3C)cc2)CC1. The van der Waals surface area contributed by atoms with Crippen LogP contribution in [-0.2, 0) is 9.59 Å². The van der Waals surface area contributed by atoms with E-state index in [0.29, 0.717) is 12.3 Å². The van der Waals surface area contributed by atoms with Gasteiger partial charge < -0.3 is 10.2 Å². The van der Waals surface area contributed by atoms with Gasteiger partial charge in [-0.05, 0) is 54.5 Å². The molecule has 2 aromatic rings. The van der Waals surface area contributed by atoms with Crippen molar-refractivity contribution >= 4 is 17.5 Å². The Labute approximate surface area is 155 Å². The molecule has 0 bridgehead atoms. The zero-order chi connectivity index (χ0) is 18.5. The summed E-state index contributed by atoms with van der Waals surface area (Å²) in [4.78, 5) is 25.5. The molecular weight excluding hydrogens is 324 g/mol. The van der Waals surface area contributed by atoms with Gasteiger partial charge in [-0.15, -0.1) is 0 Å². The van der Waals surface area contributed by atoms with Crippen LogP contribution in [0.1, 0.15) is 31.7 Å². The van der Waals surface area contributed by atoms with Gasteiger partial charge in [0.05, 0.1) is 0 Å². The second-order valence-electron chi connectivity index (χ2n) is 7.09. The summed E-state index contributed by atoms with van der Waals surface area (Å²) < 4.78 is 0. The Bertz CT molecular complexity index is 775. The molecule has 1 saturated heterocycles. The molecule has 0 radical (unpaired) electrons. The number of rotatable bonds is 4. The highest BCUT2D eigenvalue weighted by Crippen LogP contribution is 2.25. The molecule has 1 aliphatic rings. The lowest BCUT2D eigenvalue weighted by atomic mass is 9.93. The van der Waals surface area contributed by atoms with Gasteiger partial charge in [0.2, 0.25) is 11.8 Å². The van der Waals surface area contributed by atoms with E-state index >= 15 is 0 Å². The van der Waals surface area contributed by atoms with Gasteiger partial charge >= 0.3 is 0 Å². The van der Waals surface area contributed by atoms with Crippen LogP contribution >= 0.6 is 0 Å². The van der Waals surface area contributed by atoms with E-state index in [1.807, 2.05) is 41.3 Å². The number of aryl methyl sites for hydroxylation is 1. The predicted molar refractivity (Wildman–Crippen MR) is 105 cm³/mol. The molecule has 26 heavy (non-hydrogen) atoms. The minimum Gasteiger partial charge on any atom is -0.343 e. The van der Waals surface area contributed by atoms with Crippen LogP contribution in [0.3, 0.4) is 0 Å². The van der Waals surface area contributed by atoms with Gasteiger partial charge in [-0.2, -0.15) is 0 Å². The quantitative estimate of drug-likeness (QED) is 0.896. The molecule has 1 aliphatic heterocycles. The van der Waals surface area contributed by atoms with Crippen molar-refractivity contribution in [1.82, 2.24) is 4.90 Å². The second kappa shape index (κ2) is 8.17. The number of benzene rings is 2. The van der Waals surface area contributed by atoms with E-state index in [9.17, 15) is 9.59 Å².